The minimum Gasteiger partial charge on any atom is -0.288 e. The van der Waals surface area contributed by atoms with Gasteiger partial charge in [0.25, 0.3) is 15.9 Å². The van der Waals surface area contributed by atoms with Crippen LogP contribution in [0.1, 0.15) is 25.3 Å². The molecule has 0 aliphatic carbocycles. The van der Waals surface area contributed by atoms with Crippen LogP contribution in [0.25, 0.3) is 6.08 Å². The third-order valence-electron chi connectivity index (χ3n) is 3.74. The second kappa shape index (κ2) is 9.17. The fourth-order valence-corrected chi connectivity index (χ4v) is 3.96. The van der Waals surface area contributed by atoms with Crippen molar-refractivity contribution in [3.8, 4) is 0 Å². The molecule has 0 atom stereocenters. The minimum absolute atomic E-state index is 0.143. The number of hydroxylamine groups is 1. The van der Waals surface area contributed by atoms with Crippen LogP contribution in [-0.2, 0) is 14.8 Å². The minimum atomic E-state index is -3.74. The van der Waals surface area contributed by atoms with E-state index in [-0.39, 0.29) is 4.90 Å². The van der Waals surface area contributed by atoms with Gasteiger partial charge in [0.05, 0.1) is 10.6 Å². The standard InChI is InChI=1S/C19H22N2O4S/c1-2-3-14-21(17-9-5-4-6-10-17)26(24,25)18-11-7-8-16(15-18)12-13-19(22)20-23/h4-13,15,23H,2-3,14H2,1H3,(H,20,22). The van der Waals surface area contributed by atoms with Gasteiger partial charge in [-0.15, -0.1) is 0 Å². The quantitative estimate of drug-likeness (QED) is 0.422. The molecule has 0 heterocycles. The molecule has 26 heavy (non-hydrogen) atoms. The molecule has 6 nitrogen and oxygen atoms in total. The Balaban J connectivity index is 2.40. The van der Waals surface area contributed by atoms with E-state index in [9.17, 15) is 13.2 Å². The first kappa shape index (κ1) is 19.7. The SMILES string of the molecule is CCCCN(c1ccccc1)S(=O)(=O)c1cccc(C=CC(=O)NO)c1. The zero-order valence-electron chi connectivity index (χ0n) is 14.5. The number of carbonyl (C=O) groups is 1. The Labute approximate surface area is 153 Å². The second-order valence-corrected chi connectivity index (χ2v) is 7.51. The van der Waals surface area contributed by atoms with E-state index in [0.717, 1.165) is 18.9 Å². The number of para-hydroxylation sites is 1. The van der Waals surface area contributed by atoms with Crippen molar-refractivity contribution < 1.29 is 18.4 Å². The smallest absolute Gasteiger partial charge is 0.267 e. The van der Waals surface area contributed by atoms with Gasteiger partial charge >= 0.3 is 0 Å². The first-order valence-electron chi connectivity index (χ1n) is 8.29. The van der Waals surface area contributed by atoms with Crippen molar-refractivity contribution in [3.63, 3.8) is 0 Å². The number of sulfonamides is 1. The van der Waals surface area contributed by atoms with Crippen LogP contribution in [0.3, 0.4) is 0 Å². The van der Waals surface area contributed by atoms with Crippen molar-refractivity contribution >= 4 is 27.7 Å². The fourth-order valence-electron chi connectivity index (χ4n) is 2.40. The summed E-state index contributed by atoms with van der Waals surface area (Å²) in [5.41, 5.74) is 2.64. The van der Waals surface area contributed by atoms with Crippen LogP contribution >= 0.6 is 0 Å². The molecule has 0 fully saturated rings. The highest BCUT2D eigenvalue weighted by atomic mass is 32.2. The highest BCUT2D eigenvalue weighted by Gasteiger charge is 2.24. The zero-order valence-corrected chi connectivity index (χ0v) is 15.3. The average molecular weight is 374 g/mol. The summed E-state index contributed by atoms with van der Waals surface area (Å²) in [7, 11) is -3.74. The van der Waals surface area contributed by atoms with Gasteiger partial charge in [-0.1, -0.05) is 43.7 Å². The summed E-state index contributed by atoms with van der Waals surface area (Å²) >= 11 is 0. The Morgan fingerprint density at radius 3 is 2.54 bits per heavy atom. The highest BCUT2D eigenvalue weighted by molar-refractivity contribution is 7.92. The number of unbranched alkanes of at least 4 members (excludes halogenated alkanes) is 1. The maximum absolute atomic E-state index is 13.2. The monoisotopic (exact) mass is 374 g/mol. The number of hydrogen-bond acceptors (Lipinski definition) is 4. The van der Waals surface area contributed by atoms with Crippen molar-refractivity contribution in [3.05, 3.63) is 66.2 Å². The molecule has 2 aromatic rings. The van der Waals surface area contributed by atoms with Gasteiger partial charge in [0.1, 0.15) is 0 Å². The Hall–Kier alpha value is -2.64. The van der Waals surface area contributed by atoms with Gasteiger partial charge in [-0.2, -0.15) is 0 Å². The summed E-state index contributed by atoms with van der Waals surface area (Å²) in [6.45, 7) is 2.39. The van der Waals surface area contributed by atoms with Gasteiger partial charge in [-0.05, 0) is 42.3 Å². The molecular weight excluding hydrogens is 352 g/mol. The van der Waals surface area contributed by atoms with Crippen LogP contribution < -0.4 is 9.79 Å². The summed E-state index contributed by atoms with van der Waals surface area (Å²) in [6.07, 6.45) is 4.17. The predicted molar refractivity (Wildman–Crippen MR) is 101 cm³/mol. The lowest BCUT2D eigenvalue weighted by Crippen LogP contribution is -2.32. The van der Waals surface area contributed by atoms with Crippen molar-refractivity contribution in [2.75, 3.05) is 10.8 Å². The van der Waals surface area contributed by atoms with Crippen LogP contribution in [0.5, 0.6) is 0 Å². The molecule has 0 spiro atoms. The number of nitrogens with zero attached hydrogens (tertiary/aromatic N) is 1. The van der Waals surface area contributed by atoms with Crippen LogP contribution in [0.15, 0.2) is 65.6 Å². The molecule has 0 aliphatic heterocycles. The first-order valence-corrected chi connectivity index (χ1v) is 9.73. The molecule has 138 valence electrons. The van der Waals surface area contributed by atoms with E-state index in [2.05, 4.69) is 0 Å². The summed E-state index contributed by atoms with van der Waals surface area (Å²) < 4.78 is 27.7. The predicted octanol–water partition coefficient (Wildman–Crippen LogP) is 3.20. The summed E-state index contributed by atoms with van der Waals surface area (Å²) in [5.74, 6) is -0.688. The van der Waals surface area contributed by atoms with Gasteiger partial charge in [0.2, 0.25) is 0 Å². The van der Waals surface area contributed by atoms with Gasteiger partial charge in [-0.25, -0.2) is 13.9 Å². The number of carbonyl (C=O) groups excluding carboxylic acids is 1. The van der Waals surface area contributed by atoms with Crippen molar-refractivity contribution in [2.45, 2.75) is 24.7 Å². The second-order valence-electron chi connectivity index (χ2n) is 5.65. The number of benzene rings is 2. The maximum Gasteiger partial charge on any atom is 0.267 e. The Kier molecular flexibility index (Phi) is 6.94. The molecule has 1 amide bonds. The number of hydrogen-bond donors (Lipinski definition) is 2. The maximum atomic E-state index is 13.2. The number of amides is 1. The van der Waals surface area contributed by atoms with Crippen molar-refractivity contribution in [1.29, 1.82) is 0 Å². The lowest BCUT2D eigenvalue weighted by Gasteiger charge is -2.24. The molecule has 0 unspecified atom stereocenters. The molecule has 2 aromatic carbocycles. The molecule has 0 radical (unpaired) electrons. The van der Waals surface area contributed by atoms with Gasteiger partial charge < -0.3 is 0 Å². The first-order chi connectivity index (χ1) is 12.5. The van der Waals surface area contributed by atoms with Crippen molar-refractivity contribution in [2.24, 2.45) is 0 Å². The van der Waals surface area contributed by atoms with Crippen LogP contribution in [-0.4, -0.2) is 26.1 Å². The summed E-state index contributed by atoms with van der Waals surface area (Å²) in [6, 6.07) is 15.3. The van der Waals surface area contributed by atoms with E-state index in [1.165, 1.54) is 28.0 Å². The molecule has 0 aliphatic rings. The van der Waals surface area contributed by atoms with Crippen LogP contribution in [0.4, 0.5) is 5.69 Å². The Bertz CT molecular complexity index is 864. The van der Waals surface area contributed by atoms with Gasteiger partial charge in [0.15, 0.2) is 0 Å². The number of nitrogens with one attached hydrogen (secondary N) is 1. The lowest BCUT2D eigenvalue weighted by atomic mass is 10.2. The van der Waals surface area contributed by atoms with Crippen LogP contribution in [0, 0.1) is 0 Å². The van der Waals surface area contributed by atoms with E-state index in [1.54, 1.807) is 36.4 Å². The fraction of sp³-hybridized carbons (Fsp3) is 0.211. The van der Waals surface area contributed by atoms with E-state index >= 15 is 0 Å². The number of anilines is 1. The molecule has 2 rings (SSSR count). The summed E-state index contributed by atoms with van der Waals surface area (Å²) in [4.78, 5) is 11.2. The highest BCUT2D eigenvalue weighted by Crippen LogP contribution is 2.25. The van der Waals surface area contributed by atoms with E-state index in [1.807, 2.05) is 13.0 Å². The molecule has 0 saturated carbocycles. The largest absolute Gasteiger partial charge is 0.288 e. The normalized spacial score (nSPS) is 11.5. The third kappa shape index (κ3) is 4.93. The zero-order chi connectivity index (χ0) is 19.0. The third-order valence-corrected chi connectivity index (χ3v) is 5.57. The van der Waals surface area contributed by atoms with E-state index in [4.69, 9.17) is 5.21 Å². The summed E-state index contributed by atoms with van der Waals surface area (Å²) in [5, 5.41) is 8.52. The average Bonchev–Trinajstić information content (AvgIpc) is 2.67. The lowest BCUT2D eigenvalue weighted by molar-refractivity contribution is -0.124. The van der Waals surface area contributed by atoms with Crippen LogP contribution in [0.2, 0.25) is 0 Å². The molecule has 0 saturated heterocycles. The van der Waals surface area contributed by atoms with E-state index < -0.39 is 15.9 Å². The Morgan fingerprint density at radius 2 is 1.88 bits per heavy atom. The molecular formula is C19H22N2O4S. The van der Waals surface area contributed by atoms with Gasteiger partial charge in [0, 0.05) is 12.6 Å². The Morgan fingerprint density at radius 1 is 1.15 bits per heavy atom. The molecule has 0 bridgehead atoms. The molecule has 7 heteroatoms. The topological polar surface area (TPSA) is 86.7 Å². The van der Waals surface area contributed by atoms with Gasteiger partial charge in [-0.3, -0.25) is 14.3 Å². The molecule has 0 aromatic heterocycles. The van der Waals surface area contributed by atoms with Crippen molar-refractivity contribution in [1.82, 2.24) is 5.48 Å². The molecule has 2 N–H and O–H groups in total. The van der Waals surface area contributed by atoms with E-state index in [0.29, 0.717) is 17.8 Å². The number of rotatable bonds is 8.